The summed E-state index contributed by atoms with van der Waals surface area (Å²) in [6.45, 7) is 14.0. The lowest BCUT2D eigenvalue weighted by Crippen LogP contribution is -2.60. The van der Waals surface area contributed by atoms with Crippen molar-refractivity contribution in [2.45, 2.75) is 142 Å². The van der Waals surface area contributed by atoms with Crippen molar-refractivity contribution in [3.63, 3.8) is 0 Å². The van der Waals surface area contributed by atoms with Crippen LogP contribution in [0.15, 0.2) is 30.3 Å². The minimum absolute atomic E-state index is 0.0201. The summed E-state index contributed by atoms with van der Waals surface area (Å²) in [7, 11) is 4.52. The van der Waals surface area contributed by atoms with Crippen molar-refractivity contribution in [3.05, 3.63) is 35.9 Å². The third kappa shape index (κ3) is 12.8. The molecule has 5 amide bonds. The van der Waals surface area contributed by atoms with Crippen molar-refractivity contribution in [2.75, 3.05) is 40.9 Å². The number of benzene rings is 1. The first-order chi connectivity index (χ1) is 27.6. The Morgan fingerprint density at radius 3 is 2.19 bits per heavy atom. The Morgan fingerprint density at radius 2 is 1.64 bits per heavy atom. The third-order valence-corrected chi connectivity index (χ3v) is 11.7. The Balaban J connectivity index is 1.75. The van der Waals surface area contributed by atoms with Gasteiger partial charge in [0.25, 0.3) is 5.91 Å². The zero-order valence-corrected chi connectivity index (χ0v) is 36.8. The topological polar surface area (TPSA) is 184 Å². The highest BCUT2D eigenvalue weighted by molar-refractivity contribution is 5.92. The van der Waals surface area contributed by atoms with E-state index in [1.807, 2.05) is 19.9 Å². The normalized spacial score (nSPS) is 21.8. The Kier molecular flexibility index (Phi) is 17.7. The number of carbonyl (C=O) groups is 6. The van der Waals surface area contributed by atoms with E-state index in [-0.39, 0.29) is 37.6 Å². The molecule has 0 spiro atoms. The second kappa shape index (κ2) is 21.3. The van der Waals surface area contributed by atoms with Crippen LogP contribution in [0.5, 0.6) is 0 Å². The molecular formula is C43H68FN5O10. The number of nitrogens with zero attached hydrogens (tertiary/aromatic N) is 3. The number of carboxylic acid groups (broad SMARTS) is 1. The zero-order valence-electron chi connectivity index (χ0n) is 36.8. The minimum Gasteiger partial charge on any atom is -0.480 e. The zero-order chi connectivity index (χ0) is 44.4. The van der Waals surface area contributed by atoms with Crippen LogP contribution in [0.25, 0.3) is 0 Å². The summed E-state index contributed by atoms with van der Waals surface area (Å²) >= 11 is 0. The molecule has 2 heterocycles. The van der Waals surface area contributed by atoms with Crippen LogP contribution in [0.4, 0.5) is 9.18 Å². The molecule has 2 aliphatic heterocycles. The van der Waals surface area contributed by atoms with Gasteiger partial charge in [-0.05, 0) is 51.0 Å². The number of rotatable bonds is 19. The maximum atomic E-state index is 16.1. The van der Waals surface area contributed by atoms with E-state index in [0.29, 0.717) is 25.8 Å². The summed E-state index contributed by atoms with van der Waals surface area (Å²) in [4.78, 5) is 84.5. The largest absolute Gasteiger partial charge is 0.480 e. The van der Waals surface area contributed by atoms with Crippen LogP contribution >= 0.6 is 0 Å². The van der Waals surface area contributed by atoms with Gasteiger partial charge in [0.05, 0.1) is 43.2 Å². The van der Waals surface area contributed by atoms with E-state index in [1.165, 1.54) is 19.1 Å². The highest BCUT2D eigenvalue weighted by atomic mass is 19.1. The maximum absolute atomic E-state index is 16.1. The van der Waals surface area contributed by atoms with Gasteiger partial charge in [0.2, 0.25) is 23.4 Å². The van der Waals surface area contributed by atoms with Crippen LogP contribution in [-0.2, 0) is 44.6 Å². The summed E-state index contributed by atoms with van der Waals surface area (Å²) in [5.41, 5.74) is -2.46. The van der Waals surface area contributed by atoms with Crippen LogP contribution in [0.1, 0.15) is 93.1 Å². The number of hydrogen-bond donors (Lipinski definition) is 3. The van der Waals surface area contributed by atoms with E-state index < -0.39 is 95.8 Å². The molecule has 15 nitrogen and oxygen atoms in total. The first-order valence-electron chi connectivity index (χ1n) is 20.8. The van der Waals surface area contributed by atoms with Gasteiger partial charge in [0.1, 0.15) is 17.7 Å². The van der Waals surface area contributed by atoms with E-state index >= 15 is 4.39 Å². The van der Waals surface area contributed by atoms with Gasteiger partial charge in [-0.15, -0.1) is 0 Å². The number of ether oxygens (including phenoxy) is 3. The van der Waals surface area contributed by atoms with E-state index in [4.69, 9.17) is 14.2 Å². The average molecular weight is 834 g/mol. The highest BCUT2D eigenvalue weighted by Gasteiger charge is 2.49. The van der Waals surface area contributed by atoms with Crippen molar-refractivity contribution in [3.8, 4) is 0 Å². The van der Waals surface area contributed by atoms with Crippen LogP contribution in [-0.4, -0.2) is 144 Å². The van der Waals surface area contributed by atoms with Gasteiger partial charge in [0.15, 0.2) is 0 Å². The Bertz CT molecular complexity index is 1610. The van der Waals surface area contributed by atoms with Crippen LogP contribution in [0.3, 0.4) is 0 Å². The van der Waals surface area contributed by atoms with E-state index in [9.17, 15) is 33.9 Å². The summed E-state index contributed by atoms with van der Waals surface area (Å²) < 4.78 is 33.3. The number of halogens is 1. The number of hydrogen-bond acceptors (Lipinski definition) is 9. The standard InChI is InChI=1S/C43H68FN5O10/c1-12-27(4)35(47(9)38(52)34(26(2)3)46-40(55)43(44)20-22-48(25-43)41(56)59-42(6,7)8)32(57-10)24-33(50)49-21-16-19-31(49)36(58-11)28(5)37(51)45-30(39(53)54)23-29-17-14-13-15-18-29/h13-15,17-18,26-28,30-32,34-36H,12,16,19-25H2,1-11H3,(H,45,51)(H,46,55)(H,53,54)/t27-,28+,30-,31-,32+,34-,35-,36+,43+/m0/s1. The molecule has 0 radical (unpaired) electrons. The molecule has 0 unspecified atom stereocenters. The number of carboxylic acids is 1. The van der Waals surface area contributed by atoms with Crippen LogP contribution in [0, 0.1) is 17.8 Å². The molecule has 3 rings (SSSR count). The third-order valence-electron chi connectivity index (χ3n) is 11.7. The number of likely N-dealkylation sites (N-methyl/N-ethyl adjacent to an activating group) is 1. The fraction of sp³-hybridized carbons (Fsp3) is 0.721. The predicted octanol–water partition coefficient (Wildman–Crippen LogP) is 4.21. The molecule has 59 heavy (non-hydrogen) atoms. The first-order valence-corrected chi connectivity index (χ1v) is 20.8. The molecule has 16 heteroatoms. The second-order valence-corrected chi connectivity index (χ2v) is 17.5. The monoisotopic (exact) mass is 833 g/mol. The van der Waals surface area contributed by atoms with Crippen molar-refractivity contribution in [2.24, 2.45) is 17.8 Å². The second-order valence-electron chi connectivity index (χ2n) is 17.5. The molecule has 0 aromatic heterocycles. The van der Waals surface area contributed by atoms with E-state index in [0.717, 1.165) is 10.5 Å². The van der Waals surface area contributed by atoms with Gasteiger partial charge in [0, 0.05) is 47.2 Å². The quantitative estimate of drug-likeness (QED) is 0.183. The van der Waals surface area contributed by atoms with Gasteiger partial charge < -0.3 is 44.7 Å². The molecule has 1 aromatic rings. The van der Waals surface area contributed by atoms with Crippen molar-refractivity contribution in [1.29, 1.82) is 0 Å². The van der Waals surface area contributed by atoms with E-state index in [1.54, 1.807) is 77.8 Å². The number of aliphatic carboxylic acids is 1. The van der Waals surface area contributed by atoms with E-state index in [2.05, 4.69) is 10.6 Å². The fourth-order valence-electron chi connectivity index (χ4n) is 8.10. The smallest absolute Gasteiger partial charge is 0.410 e. The lowest BCUT2D eigenvalue weighted by molar-refractivity contribution is -0.149. The van der Waals surface area contributed by atoms with Gasteiger partial charge in [-0.1, -0.05) is 71.4 Å². The molecule has 0 saturated carbocycles. The molecule has 0 aliphatic carbocycles. The average Bonchev–Trinajstić information content (AvgIpc) is 3.83. The molecule has 2 saturated heterocycles. The number of likely N-dealkylation sites (tertiary alicyclic amines) is 2. The SMILES string of the molecule is CC[C@H](C)[C@@H]([C@@H](CC(=O)N1CCC[C@H]1[C@H](OC)[C@@H](C)C(=O)N[C@@H](Cc1ccccc1)C(=O)O)OC)N(C)C(=O)[C@@H](NC(=O)[C@@]1(F)CCN(C(=O)OC(C)(C)C)C1)C(C)C. The lowest BCUT2D eigenvalue weighted by Gasteiger charge is -2.41. The van der Waals surface area contributed by atoms with Gasteiger partial charge in [-0.2, -0.15) is 0 Å². The molecule has 0 bridgehead atoms. The Hall–Kier alpha value is -4.31. The molecule has 9 atom stereocenters. The molecule has 3 N–H and O–H groups in total. The number of amides is 5. The van der Waals surface area contributed by atoms with Gasteiger partial charge >= 0.3 is 12.1 Å². The Labute approximate surface area is 349 Å². The lowest BCUT2D eigenvalue weighted by atomic mass is 9.89. The fourth-order valence-corrected chi connectivity index (χ4v) is 8.10. The van der Waals surface area contributed by atoms with Crippen molar-refractivity contribution < 1.29 is 52.5 Å². The van der Waals surface area contributed by atoms with Crippen molar-refractivity contribution in [1.82, 2.24) is 25.3 Å². The van der Waals surface area contributed by atoms with Crippen LogP contribution < -0.4 is 10.6 Å². The van der Waals surface area contributed by atoms with Crippen LogP contribution in [0.2, 0.25) is 0 Å². The molecule has 2 aliphatic rings. The van der Waals surface area contributed by atoms with Gasteiger partial charge in [-0.25, -0.2) is 14.0 Å². The number of nitrogens with one attached hydrogen (secondary N) is 2. The van der Waals surface area contributed by atoms with Crippen molar-refractivity contribution >= 4 is 35.7 Å². The summed E-state index contributed by atoms with van der Waals surface area (Å²) in [6.07, 6.45) is -0.676. The summed E-state index contributed by atoms with van der Waals surface area (Å²) in [6, 6.07) is 5.60. The number of methoxy groups -OCH3 is 2. The first kappa shape index (κ1) is 49.1. The molecule has 332 valence electrons. The number of carbonyl (C=O) groups excluding carboxylic acids is 5. The summed E-state index contributed by atoms with van der Waals surface area (Å²) in [5.74, 6) is -4.83. The highest BCUT2D eigenvalue weighted by Crippen LogP contribution is 2.31. The molecular weight excluding hydrogens is 765 g/mol. The predicted molar refractivity (Wildman–Crippen MR) is 219 cm³/mol. The minimum atomic E-state index is -2.43. The van der Waals surface area contributed by atoms with Gasteiger partial charge in [-0.3, -0.25) is 19.2 Å². The maximum Gasteiger partial charge on any atom is 0.410 e. The Morgan fingerprint density at radius 1 is 1.00 bits per heavy atom. The number of alkyl halides is 1. The molecule has 2 fully saturated rings. The molecule has 1 aromatic carbocycles. The summed E-state index contributed by atoms with van der Waals surface area (Å²) in [5, 5.41) is 15.2.